The lowest BCUT2D eigenvalue weighted by Gasteiger charge is -2.34. The Hall–Kier alpha value is -1.40. The van der Waals surface area contributed by atoms with Gasteiger partial charge in [0.1, 0.15) is 0 Å². The molecule has 2 heterocycles. The minimum Gasteiger partial charge on any atom is -0.381 e. The van der Waals surface area contributed by atoms with Crippen LogP contribution >= 0.6 is 0 Å². The molecule has 1 atom stereocenters. The second-order valence-electron chi connectivity index (χ2n) is 6.52. The molecule has 2 saturated heterocycles. The molecule has 2 fully saturated rings. The lowest BCUT2D eigenvalue weighted by molar-refractivity contribution is 0.0645. The van der Waals surface area contributed by atoms with Crippen LogP contribution in [0, 0.1) is 11.8 Å². The van der Waals surface area contributed by atoms with E-state index in [2.05, 4.69) is 0 Å². The normalized spacial score (nSPS) is 23.2. The number of ether oxygens (including phenoxy) is 1. The molecule has 0 radical (unpaired) electrons. The number of carbonyl (C=O) groups is 1. The monoisotopic (exact) mass is 337 g/mol. The molecule has 0 aliphatic carbocycles. The number of amides is 1. The van der Waals surface area contributed by atoms with E-state index in [4.69, 9.17) is 4.74 Å². The van der Waals surface area contributed by atoms with Crippen molar-refractivity contribution >= 4 is 15.7 Å². The molecule has 0 aromatic heterocycles. The number of carbonyl (C=O) groups excluding carboxylic acids is 1. The molecule has 3 rings (SSSR count). The molecular formula is C17H23NO4S. The summed E-state index contributed by atoms with van der Waals surface area (Å²) < 4.78 is 29.2. The van der Waals surface area contributed by atoms with Gasteiger partial charge in [0.15, 0.2) is 9.84 Å². The molecule has 23 heavy (non-hydrogen) atoms. The van der Waals surface area contributed by atoms with E-state index in [1.165, 1.54) is 6.07 Å². The van der Waals surface area contributed by atoms with E-state index in [-0.39, 0.29) is 16.4 Å². The van der Waals surface area contributed by atoms with E-state index < -0.39 is 9.84 Å². The number of rotatable bonds is 3. The van der Waals surface area contributed by atoms with Crippen LogP contribution in [0.5, 0.6) is 0 Å². The van der Waals surface area contributed by atoms with E-state index in [1.54, 1.807) is 23.1 Å². The summed E-state index contributed by atoms with van der Waals surface area (Å²) in [4.78, 5) is 14.6. The first kappa shape index (κ1) is 16.5. The van der Waals surface area contributed by atoms with Crippen LogP contribution in [0.4, 0.5) is 0 Å². The number of likely N-dealkylation sites (tertiary alicyclic amines) is 1. The molecule has 0 bridgehead atoms. The van der Waals surface area contributed by atoms with Gasteiger partial charge in [-0.05, 0) is 43.2 Å². The van der Waals surface area contributed by atoms with E-state index in [9.17, 15) is 13.2 Å². The highest BCUT2D eigenvalue weighted by atomic mass is 32.2. The van der Waals surface area contributed by atoms with Crippen molar-refractivity contribution in [2.45, 2.75) is 24.2 Å². The molecule has 1 unspecified atom stereocenters. The van der Waals surface area contributed by atoms with Crippen molar-refractivity contribution in [1.82, 2.24) is 4.90 Å². The summed E-state index contributed by atoms with van der Waals surface area (Å²) in [5.41, 5.74) is 0.289. The van der Waals surface area contributed by atoms with Gasteiger partial charge in [-0.1, -0.05) is 12.1 Å². The van der Waals surface area contributed by atoms with Gasteiger partial charge < -0.3 is 9.64 Å². The van der Waals surface area contributed by atoms with E-state index in [1.807, 2.05) is 0 Å². The van der Waals surface area contributed by atoms with E-state index in [0.29, 0.717) is 24.9 Å². The van der Waals surface area contributed by atoms with E-state index in [0.717, 1.165) is 38.7 Å². The van der Waals surface area contributed by atoms with Gasteiger partial charge in [-0.15, -0.1) is 0 Å². The van der Waals surface area contributed by atoms with Gasteiger partial charge in [0, 0.05) is 32.6 Å². The Balaban J connectivity index is 1.71. The van der Waals surface area contributed by atoms with Crippen LogP contribution in [0.1, 0.15) is 29.6 Å². The lowest BCUT2D eigenvalue weighted by Crippen LogP contribution is -2.40. The summed E-state index contributed by atoms with van der Waals surface area (Å²) in [7, 11) is -3.41. The minimum absolute atomic E-state index is 0.122. The Morgan fingerprint density at radius 1 is 1.13 bits per heavy atom. The van der Waals surface area contributed by atoms with Gasteiger partial charge in [-0.3, -0.25) is 4.79 Å². The Morgan fingerprint density at radius 2 is 1.83 bits per heavy atom. The van der Waals surface area contributed by atoms with Crippen molar-refractivity contribution in [2.75, 3.05) is 32.6 Å². The van der Waals surface area contributed by atoms with Crippen molar-refractivity contribution in [2.24, 2.45) is 11.8 Å². The van der Waals surface area contributed by atoms with Gasteiger partial charge in [-0.25, -0.2) is 8.42 Å². The van der Waals surface area contributed by atoms with Crippen LogP contribution in [-0.4, -0.2) is 51.8 Å². The van der Waals surface area contributed by atoms with Crippen molar-refractivity contribution in [3.8, 4) is 0 Å². The highest BCUT2D eigenvalue weighted by molar-refractivity contribution is 7.90. The molecule has 2 aliphatic rings. The maximum Gasteiger partial charge on any atom is 0.255 e. The molecular weight excluding hydrogens is 314 g/mol. The van der Waals surface area contributed by atoms with Crippen molar-refractivity contribution in [3.05, 3.63) is 29.8 Å². The number of piperidine rings is 1. The van der Waals surface area contributed by atoms with Crippen LogP contribution < -0.4 is 0 Å². The highest BCUT2D eigenvalue weighted by Crippen LogP contribution is 2.31. The summed E-state index contributed by atoms with van der Waals surface area (Å²) in [5, 5.41) is 0. The molecule has 126 valence electrons. The van der Waals surface area contributed by atoms with Crippen LogP contribution in [0.15, 0.2) is 29.2 Å². The predicted octanol–water partition coefficient (Wildman–Crippen LogP) is 1.98. The summed E-state index contributed by atoms with van der Waals surface area (Å²) in [5.74, 6) is 1.06. The lowest BCUT2D eigenvalue weighted by atomic mass is 9.84. The zero-order chi connectivity index (χ0) is 16.4. The number of hydrogen-bond acceptors (Lipinski definition) is 4. The van der Waals surface area contributed by atoms with Gasteiger partial charge in [0.2, 0.25) is 0 Å². The minimum atomic E-state index is -3.41. The van der Waals surface area contributed by atoms with Crippen molar-refractivity contribution in [3.63, 3.8) is 0 Å². The third kappa shape index (κ3) is 3.58. The van der Waals surface area contributed by atoms with Gasteiger partial charge in [0.05, 0.1) is 10.5 Å². The highest BCUT2D eigenvalue weighted by Gasteiger charge is 2.31. The molecule has 1 amide bonds. The van der Waals surface area contributed by atoms with Crippen molar-refractivity contribution in [1.29, 1.82) is 0 Å². The summed E-state index contributed by atoms with van der Waals surface area (Å²) in [6.45, 7) is 3.08. The second-order valence-corrected chi connectivity index (χ2v) is 8.51. The van der Waals surface area contributed by atoms with Crippen molar-refractivity contribution < 1.29 is 17.9 Å². The average Bonchev–Trinajstić information content (AvgIpc) is 3.08. The first-order valence-corrected chi connectivity index (χ1v) is 10.0. The molecule has 0 N–H and O–H groups in total. The molecule has 0 saturated carbocycles. The average molecular weight is 337 g/mol. The van der Waals surface area contributed by atoms with Crippen LogP contribution in [0.25, 0.3) is 0 Å². The standard InChI is InChI=1S/C17H23NO4S/c1-23(20,21)16-5-3-2-4-15(16)17(19)18-9-6-13(7-10-18)14-8-11-22-12-14/h2-5,13-14H,6-12H2,1H3. The SMILES string of the molecule is CS(=O)(=O)c1ccccc1C(=O)N1CCC(C2CCOC2)CC1. The fraction of sp³-hybridized carbons (Fsp3) is 0.588. The Labute approximate surface area is 137 Å². The topological polar surface area (TPSA) is 63.7 Å². The largest absolute Gasteiger partial charge is 0.381 e. The van der Waals surface area contributed by atoms with Gasteiger partial charge in [-0.2, -0.15) is 0 Å². The first-order chi connectivity index (χ1) is 11.0. The smallest absolute Gasteiger partial charge is 0.255 e. The number of nitrogens with zero attached hydrogens (tertiary/aromatic N) is 1. The van der Waals surface area contributed by atoms with Crippen LogP contribution in [0.3, 0.4) is 0 Å². The van der Waals surface area contributed by atoms with Gasteiger partial charge >= 0.3 is 0 Å². The summed E-state index contributed by atoms with van der Waals surface area (Å²) in [6, 6.07) is 6.48. The third-order valence-corrected chi connectivity index (χ3v) is 6.13. The summed E-state index contributed by atoms with van der Waals surface area (Å²) in [6.07, 6.45) is 4.21. The number of benzene rings is 1. The fourth-order valence-corrected chi connectivity index (χ4v) is 4.52. The zero-order valence-corrected chi connectivity index (χ0v) is 14.2. The number of sulfone groups is 1. The van der Waals surface area contributed by atoms with E-state index >= 15 is 0 Å². The Kier molecular flexibility index (Phi) is 4.73. The number of hydrogen-bond donors (Lipinski definition) is 0. The first-order valence-electron chi connectivity index (χ1n) is 8.13. The molecule has 0 spiro atoms. The molecule has 1 aromatic rings. The van der Waals surface area contributed by atoms with Gasteiger partial charge in [0.25, 0.3) is 5.91 Å². The third-order valence-electron chi connectivity index (χ3n) is 4.98. The molecule has 1 aromatic carbocycles. The Morgan fingerprint density at radius 3 is 2.43 bits per heavy atom. The maximum atomic E-state index is 12.7. The zero-order valence-electron chi connectivity index (χ0n) is 13.4. The van der Waals surface area contributed by atoms with Crippen LogP contribution in [-0.2, 0) is 14.6 Å². The maximum absolute atomic E-state index is 12.7. The molecule has 5 nitrogen and oxygen atoms in total. The quantitative estimate of drug-likeness (QED) is 0.846. The molecule has 6 heteroatoms. The molecule has 2 aliphatic heterocycles. The fourth-order valence-electron chi connectivity index (χ4n) is 3.64. The second kappa shape index (κ2) is 6.61. The van der Waals surface area contributed by atoms with Crippen LogP contribution in [0.2, 0.25) is 0 Å². The predicted molar refractivity (Wildman–Crippen MR) is 87.1 cm³/mol. The Bertz CT molecular complexity index is 672. The summed E-state index contributed by atoms with van der Waals surface area (Å²) >= 11 is 0.